The van der Waals surface area contributed by atoms with Gasteiger partial charge in [0.05, 0.1) is 27.8 Å². The standard InChI is InChI=1S/C37H26N2/c1-25-18-20-26(21-19-25)32-24-27(38-33-14-6-2-10-28(33)29-11-3-7-15-34(29)38)22-23-37(32)39-35-16-8-4-12-30(35)31-13-5-9-17-36(31)39/h2-24H,1H3. The third-order valence-corrected chi connectivity index (χ3v) is 8.00. The van der Waals surface area contributed by atoms with Crippen molar-refractivity contribution in [2.75, 3.05) is 0 Å². The summed E-state index contributed by atoms with van der Waals surface area (Å²) >= 11 is 0. The summed E-state index contributed by atoms with van der Waals surface area (Å²) < 4.78 is 4.83. The summed E-state index contributed by atoms with van der Waals surface area (Å²) in [4.78, 5) is 0. The van der Waals surface area contributed by atoms with E-state index in [1.54, 1.807) is 0 Å². The van der Waals surface area contributed by atoms with Gasteiger partial charge in [-0.05, 0) is 55.0 Å². The number of para-hydroxylation sites is 4. The molecule has 0 bridgehead atoms. The molecule has 0 amide bonds. The maximum Gasteiger partial charge on any atom is 0.0542 e. The average Bonchev–Trinajstić information content (AvgIpc) is 3.51. The molecule has 8 aromatic rings. The van der Waals surface area contributed by atoms with Crippen molar-refractivity contribution >= 4 is 43.6 Å². The Morgan fingerprint density at radius 2 is 0.846 bits per heavy atom. The lowest BCUT2D eigenvalue weighted by Gasteiger charge is -2.17. The molecular formula is C37H26N2. The van der Waals surface area contributed by atoms with Gasteiger partial charge < -0.3 is 9.13 Å². The highest BCUT2D eigenvalue weighted by molar-refractivity contribution is 6.11. The molecule has 0 unspecified atom stereocenters. The topological polar surface area (TPSA) is 9.86 Å². The second kappa shape index (κ2) is 8.47. The van der Waals surface area contributed by atoms with Gasteiger partial charge in [-0.25, -0.2) is 0 Å². The summed E-state index contributed by atoms with van der Waals surface area (Å²) in [5.41, 5.74) is 10.9. The Labute approximate surface area is 227 Å². The minimum atomic E-state index is 1.16. The van der Waals surface area contributed by atoms with E-state index in [1.807, 2.05) is 0 Å². The number of hydrogen-bond acceptors (Lipinski definition) is 0. The largest absolute Gasteiger partial charge is 0.309 e. The zero-order valence-corrected chi connectivity index (χ0v) is 21.7. The fourth-order valence-corrected chi connectivity index (χ4v) is 6.21. The van der Waals surface area contributed by atoms with Crippen LogP contribution in [-0.4, -0.2) is 9.13 Å². The Kier molecular flexibility index (Phi) is 4.77. The lowest BCUT2D eigenvalue weighted by Crippen LogP contribution is -2.00. The molecule has 8 rings (SSSR count). The van der Waals surface area contributed by atoms with Gasteiger partial charge in [0, 0.05) is 32.8 Å². The van der Waals surface area contributed by atoms with Crippen molar-refractivity contribution < 1.29 is 0 Å². The number of nitrogens with zero attached hydrogens (tertiary/aromatic N) is 2. The Bertz CT molecular complexity index is 2070. The summed E-state index contributed by atoms with van der Waals surface area (Å²) in [6.07, 6.45) is 0. The molecule has 39 heavy (non-hydrogen) atoms. The molecule has 0 aliphatic heterocycles. The summed E-state index contributed by atoms with van der Waals surface area (Å²) in [6, 6.07) is 50.7. The van der Waals surface area contributed by atoms with Crippen LogP contribution in [0.2, 0.25) is 0 Å². The number of benzene rings is 6. The van der Waals surface area contributed by atoms with Gasteiger partial charge in [-0.2, -0.15) is 0 Å². The average molecular weight is 499 g/mol. The Hall–Kier alpha value is -5.08. The summed E-state index contributed by atoms with van der Waals surface area (Å²) in [6.45, 7) is 2.15. The van der Waals surface area contributed by atoms with Crippen LogP contribution in [0.3, 0.4) is 0 Å². The normalized spacial score (nSPS) is 11.7. The first kappa shape index (κ1) is 22.0. The molecule has 2 heterocycles. The molecule has 0 aliphatic carbocycles. The van der Waals surface area contributed by atoms with Crippen LogP contribution in [0.4, 0.5) is 0 Å². The maximum atomic E-state index is 2.43. The first-order valence-electron chi connectivity index (χ1n) is 13.5. The highest BCUT2D eigenvalue weighted by Gasteiger charge is 2.18. The molecule has 0 aliphatic rings. The van der Waals surface area contributed by atoms with Crippen molar-refractivity contribution in [3.8, 4) is 22.5 Å². The number of fused-ring (bicyclic) bond motifs is 6. The van der Waals surface area contributed by atoms with Gasteiger partial charge in [0.25, 0.3) is 0 Å². The lowest BCUT2D eigenvalue weighted by atomic mass is 10.0. The van der Waals surface area contributed by atoms with E-state index >= 15 is 0 Å². The van der Waals surface area contributed by atoms with Gasteiger partial charge in [0.15, 0.2) is 0 Å². The van der Waals surface area contributed by atoms with Crippen molar-refractivity contribution in [3.63, 3.8) is 0 Å². The summed E-state index contributed by atoms with van der Waals surface area (Å²) in [5.74, 6) is 0. The van der Waals surface area contributed by atoms with Crippen LogP contribution in [0.1, 0.15) is 5.56 Å². The van der Waals surface area contributed by atoms with Gasteiger partial charge >= 0.3 is 0 Å². The molecule has 2 aromatic heterocycles. The smallest absolute Gasteiger partial charge is 0.0542 e. The molecule has 0 radical (unpaired) electrons. The monoisotopic (exact) mass is 498 g/mol. The number of aryl methyl sites for hydroxylation is 1. The van der Waals surface area contributed by atoms with Crippen LogP contribution in [0.15, 0.2) is 140 Å². The highest BCUT2D eigenvalue weighted by atomic mass is 15.0. The molecule has 6 aromatic carbocycles. The zero-order chi connectivity index (χ0) is 25.9. The molecule has 0 saturated heterocycles. The molecule has 2 heteroatoms. The predicted molar refractivity (Wildman–Crippen MR) is 165 cm³/mol. The first-order chi connectivity index (χ1) is 19.3. The van der Waals surface area contributed by atoms with E-state index in [-0.39, 0.29) is 0 Å². The third kappa shape index (κ3) is 3.28. The van der Waals surface area contributed by atoms with E-state index in [2.05, 4.69) is 156 Å². The third-order valence-electron chi connectivity index (χ3n) is 8.00. The van der Waals surface area contributed by atoms with E-state index in [0.29, 0.717) is 0 Å². The fraction of sp³-hybridized carbons (Fsp3) is 0.0270. The second-order valence-corrected chi connectivity index (χ2v) is 10.3. The number of hydrogen-bond donors (Lipinski definition) is 0. The summed E-state index contributed by atoms with van der Waals surface area (Å²) in [5, 5.41) is 5.09. The quantitative estimate of drug-likeness (QED) is 0.229. The summed E-state index contributed by atoms with van der Waals surface area (Å²) in [7, 11) is 0. The minimum Gasteiger partial charge on any atom is -0.309 e. The molecule has 0 saturated carbocycles. The van der Waals surface area contributed by atoms with Crippen LogP contribution in [0.5, 0.6) is 0 Å². The number of rotatable bonds is 3. The van der Waals surface area contributed by atoms with Crippen LogP contribution >= 0.6 is 0 Å². The van der Waals surface area contributed by atoms with Gasteiger partial charge in [-0.3, -0.25) is 0 Å². The van der Waals surface area contributed by atoms with Crippen molar-refractivity contribution in [2.24, 2.45) is 0 Å². The zero-order valence-electron chi connectivity index (χ0n) is 21.7. The van der Waals surface area contributed by atoms with E-state index in [9.17, 15) is 0 Å². The molecule has 0 spiro atoms. The maximum absolute atomic E-state index is 2.43. The minimum absolute atomic E-state index is 1.16. The Morgan fingerprint density at radius 3 is 1.33 bits per heavy atom. The fourth-order valence-electron chi connectivity index (χ4n) is 6.21. The van der Waals surface area contributed by atoms with Crippen LogP contribution in [-0.2, 0) is 0 Å². The van der Waals surface area contributed by atoms with E-state index < -0.39 is 0 Å². The molecule has 0 N–H and O–H groups in total. The Morgan fingerprint density at radius 1 is 0.410 bits per heavy atom. The molecule has 184 valence electrons. The van der Waals surface area contributed by atoms with Gasteiger partial charge in [0.2, 0.25) is 0 Å². The molecule has 2 nitrogen and oxygen atoms in total. The highest BCUT2D eigenvalue weighted by Crippen LogP contribution is 2.39. The van der Waals surface area contributed by atoms with Gasteiger partial charge in [-0.15, -0.1) is 0 Å². The van der Waals surface area contributed by atoms with Crippen LogP contribution in [0, 0.1) is 6.92 Å². The van der Waals surface area contributed by atoms with Crippen molar-refractivity contribution in [1.29, 1.82) is 0 Å². The Balaban J connectivity index is 1.48. The molecule has 0 fully saturated rings. The second-order valence-electron chi connectivity index (χ2n) is 10.3. The van der Waals surface area contributed by atoms with Crippen molar-refractivity contribution in [3.05, 3.63) is 145 Å². The molecule has 0 atom stereocenters. The van der Waals surface area contributed by atoms with Gasteiger partial charge in [0.1, 0.15) is 0 Å². The van der Waals surface area contributed by atoms with E-state index in [4.69, 9.17) is 0 Å². The van der Waals surface area contributed by atoms with Crippen LogP contribution < -0.4 is 0 Å². The number of aromatic nitrogens is 2. The predicted octanol–water partition coefficient (Wildman–Crippen LogP) is 9.86. The van der Waals surface area contributed by atoms with E-state index in [1.165, 1.54) is 66.0 Å². The van der Waals surface area contributed by atoms with Gasteiger partial charge in [-0.1, -0.05) is 103 Å². The van der Waals surface area contributed by atoms with Crippen molar-refractivity contribution in [2.45, 2.75) is 6.92 Å². The van der Waals surface area contributed by atoms with Crippen molar-refractivity contribution in [1.82, 2.24) is 9.13 Å². The van der Waals surface area contributed by atoms with E-state index in [0.717, 1.165) is 5.69 Å². The SMILES string of the molecule is Cc1ccc(-c2cc(-n3c4ccccc4c4ccccc43)ccc2-n2c3ccccc3c3ccccc32)cc1. The lowest BCUT2D eigenvalue weighted by molar-refractivity contribution is 1.15. The molecular weight excluding hydrogens is 472 g/mol. The van der Waals surface area contributed by atoms with Crippen LogP contribution in [0.25, 0.3) is 66.1 Å². The first-order valence-corrected chi connectivity index (χ1v) is 13.5.